The van der Waals surface area contributed by atoms with E-state index in [1.165, 1.54) is 0 Å². The van der Waals surface area contributed by atoms with Crippen LogP contribution in [-0.2, 0) is 19.4 Å². The molecule has 32 heavy (non-hydrogen) atoms. The summed E-state index contributed by atoms with van der Waals surface area (Å²) in [7, 11) is -1.39. The molecule has 0 spiro atoms. The zero-order valence-electron chi connectivity index (χ0n) is 18.9. The summed E-state index contributed by atoms with van der Waals surface area (Å²) < 4.78 is 35.1. The van der Waals surface area contributed by atoms with Crippen molar-refractivity contribution in [1.29, 1.82) is 0 Å². The van der Waals surface area contributed by atoms with Crippen LogP contribution in [0.5, 0.6) is 5.75 Å². The zero-order chi connectivity index (χ0) is 22.6. The van der Waals surface area contributed by atoms with E-state index in [-0.39, 0.29) is 29.6 Å². The molecule has 0 radical (unpaired) electrons. The number of carbonyl (C=O) groups is 1. The fourth-order valence-corrected chi connectivity index (χ4v) is 6.68. The van der Waals surface area contributed by atoms with Crippen molar-refractivity contribution in [2.75, 3.05) is 69.4 Å². The molecule has 8 nitrogen and oxygen atoms in total. The van der Waals surface area contributed by atoms with Crippen molar-refractivity contribution in [2.24, 2.45) is 0 Å². The second kappa shape index (κ2) is 10.4. The minimum atomic E-state index is -3.05. The van der Waals surface area contributed by atoms with E-state index in [0.717, 1.165) is 63.5 Å². The molecule has 0 aromatic heterocycles. The van der Waals surface area contributed by atoms with Gasteiger partial charge in [0, 0.05) is 51.1 Å². The van der Waals surface area contributed by atoms with Gasteiger partial charge in [-0.1, -0.05) is 0 Å². The van der Waals surface area contributed by atoms with Gasteiger partial charge >= 0.3 is 0 Å². The Labute approximate surface area is 191 Å². The molecular weight excluding hydrogens is 430 g/mol. The van der Waals surface area contributed by atoms with E-state index in [1.54, 1.807) is 7.11 Å². The summed E-state index contributed by atoms with van der Waals surface area (Å²) in [5, 5.41) is 0. The van der Waals surface area contributed by atoms with Gasteiger partial charge in [0.1, 0.15) is 5.75 Å². The van der Waals surface area contributed by atoms with Gasteiger partial charge in [-0.25, -0.2) is 8.42 Å². The molecule has 1 aromatic carbocycles. The topological polar surface area (TPSA) is 79.4 Å². The molecule has 3 aliphatic heterocycles. The molecule has 1 amide bonds. The average molecular weight is 466 g/mol. The van der Waals surface area contributed by atoms with Crippen molar-refractivity contribution in [3.8, 4) is 5.75 Å². The molecule has 1 aromatic rings. The Hall–Kier alpha value is -1.84. The van der Waals surface area contributed by atoms with Gasteiger partial charge in [0.2, 0.25) is 5.91 Å². The van der Waals surface area contributed by atoms with Gasteiger partial charge in [-0.3, -0.25) is 9.69 Å². The van der Waals surface area contributed by atoms with Crippen LogP contribution in [0.25, 0.3) is 0 Å². The maximum Gasteiger partial charge on any atom is 0.237 e. The first-order chi connectivity index (χ1) is 15.4. The van der Waals surface area contributed by atoms with Crippen LogP contribution in [-0.4, -0.2) is 101 Å². The molecule has 3 saturated heterocycles. The Bertz CT molecular complexity index is 870. The third-order valence-corrected chi connectivity index (χ3v) is 8.53. The van der Waals surface area contributed by atoms with E-state index in [9.17, 15) is 13.2 Å². The van der Waals surface area contributed by atoms with Gasteiger partial charge in [-0.05, 0) is 49.9 Å². The molecule has 2 atom stereocenters. The predicted octanol–water partition coefficient (Wildman–Crippen LogP) is 1.40. The Morgan fingerprint density at radius 3 is 2.59 bits per heavy atom. The maximum atomic E-state index is 13.3. The van der Waals surface area contributed by atoms with Crippen molar-refractivity contribution in [3.05, 3.63) is 24.3 Å². The second-order valence-electron chi connectivity index (χ2n) is 9.05. The number of sulfone groups is 1. The number of carbonyl (C=O) groups excluding carboxylic acids is 1. The third kappa shape index (κ3) is 5.94. The summed E-state index contributed by atoms with van der Waals surface area (Å²) in [6.07, 6.45) is 3.47. The minimum Gasteiger partial charge on any atom is -0.497 e. The first-order valence-electron chi connectivity index (χ1n) is 11.7. The number of methoxy groups -OCH3 is 1. The minimum absolute atomic E-state index is 0.0250. The van der Waals surface area contributed by atoms with Crippen LogP contribution in [0.15, 0.2) is 24.3 Å². The van der Waals surface area contributed by atoms with Crippen molar-refractivity contribution < 1.29 is 22.7 Å². The van der Waals surface area contributed by atoms with Gasteiger partial charge in [-0.15, -0.1) is 0 Å². The molecule has 0 bridgehead atoms. The van der Waals surface area contributed by atoms with Crippen LogP contribution < -0.4 is 9.64 Å². The number of benzene rings is 1. The molecule has 9 heteroatoms. The Kier molecular flexibility index (Phi) is 7.58. The average Bonchev–Trinajstić information content (AvgIpc) is 3.36. The van der Waals surface area contributed by atoms with Gasteiger partial charge in [0.25, 0.3) is 0 Å². The number of anilines is 1. The van der Waals surface area contributed by atoms with Crippen LogP contribution in [0.1, 0.15) is 25.7 Å². The summed E-state index contributed by atoms with van der Waals surface area (Å²) in [6, 6.07) is 7.87. The quantitative estimate of drug-likeness (QED) is 0.602. The highest BCUT2D eigenvalue weighted by molar-refractivity contribution is 7.91. The smallest absolute Gasteiger partial charge is 0.237 e. The van der Waals surface area contributed by atoms with Crippen molar-refractivity contribution in [3.63, 3.8) is 0 Å². The van der Waals surface area contributed by atoms with Gasteiger partial charge < -0.3 is 19.3 Å². The molecule has 0 aliphatic carbocycles. The number of hydrogen-bond acceptors (Lipinski definition) is 7. The second-order valence-corrected chi connectivity index (χ2v) is 11.3. The number of ether oxygens (including phenoxy) is 2. The normalized spacial score (nSPS) is 26.1. The lowest BCUT2D eigenvalue weighted by atomic mass is 10.1. The van der Waals surface area contributed by atoms with E-state index in [2.05, 4.69) is 21.9 Å². The van der Waals surface area contributed by atoms with Crippen LogP contribution >= 0.6 is 0 Å². The molecule has 3 heterocycles. The van der Waals surface area contributed by atoms with Crippen LogP contribution in [0, 0.1) is 0 Å². The van der Waals surface area contributed by atoms with Crippen molar-refractivity contribution >= 4 is 21.4 Å². The van der Waals surface area contributed by atoms with E-state index < -0.39 is 9.84 Å². The molecule has 178 valence electrons. The Balaban J connectivity index is 1.36. The molecule has 2 unspecified atom stereocenters. The lowest BCUT2D eigenvalue weighted by Crippen LogP contribution is -2.49. The molecular formula is C23H35N3O5S. The van der Waals surface area contributed by atoms with E-state index in [1.807, 2.05) is 17.0 Å². The van der Waals surface area contributed by atoms with E-state index in [0.29, 0.717) is 19.5 Å². The van der Waals surface area contributed by atoms with Gasteiger partial charge in [0.05, 0.1) is 31.3 Å². The monoisotopic (exact) mass is 465 g/mol. The zero-order valence-corrected chi connectivity index (χ0v) is 19.8. The standard InChI is InChI=1S/C23H35N3O5S/c1-30-21-7-5-19(6-8-21)25-11-3-10-24(12-13-25)17-23(27)26(16-22-4-2-14-31-22)20-9-15-32(28,29)18-20/h5-8,20,22H,2-4,9-18H2,1H3. The highest BCUT2D eigenvalue weighted by Crippen LogP contribution is 2.23. The lowest BCUT2D eigenvalue weighted by molar-refractivity contribution is -0.136. The van der Waals surface area contributed by atoms with Gasteiger partial charge in [-0.2, -0.15) is 0 Å². The Morgan fingerprint density at radius 1 is 1.12 bits per heavy atom. The highest BCUT2D eigenvalue weighted by atomic mass is 32.2. The SMILES string of the molecule is COc1ccc(N2CCCN(CC(=O)N(CC3CCCO3)C3CCS(=O)(=O)C3)CC2)cc1. The third-order valence-electron chi connectivity index (χ3n) is 6.78. The summed E-state index contributed by atoms with van der Waals surface area (Å²) in [5.74, 6) is 1.13. The molecule has 0 N–H and O–H groups in total. The van der Waals surface area contributed by atoms with Crippen LogP contribution in [0.4, 0.5) is 5.69 Å². The predicted molar refractivity (Wildman–Crippen MR) is 124 cm³/mol. The van der Waals surface area contributed by atoms with Crippen molar-refractivity contribution in [2.45, 2.75) is 37.8 Å². The molecule has 0 saturated carbocycles. The van der Waals surface area contributed by atoms with Gasteiger partial charge in [0.15, 0.2) is 9.84 Å². The fraction of sp³-hybridized carbons (Fsp3) is 0.696. The lowest BCUT2D eigenvalue weighted by Gasteiger charge is -2.32. The fourth-order valence-electron chi connectivity index (χ4n) is 4.95. The largest absolute Gasteiger partial charge is 0.497 e. The maximum absolute atomic E-state index is 13.3. The van der Waals surface area contributed by atoms with E-state index >= 15 is 0 Å². The molecule has 4 rings (SSSR count). The number of rotatable bonds is 7. The first kappa shape index (κ1) is 23.3. The molecule has 3 aliphatic rings. The molecule has 3 fully saturated rings. The van der Waals surface area contributed by atoms with Crippen molar-refractivity contribution in [1.82, 2.24) is 9.80 Å². The summed E-state index contributed by atoms with van der Waals surface area (Å²) >= 11 is 0. The highest BCUT2D eigenvalue weighted by Gasteiger charge is 2.36. The number of nitrogens with zero attached hydrogens (tertiary/aromatic N) is 3. The van der Waals surface area contributed by atoms with E-state index in [4.69, 9.17) is 9.47 Å². The summed E-state index contributed by atoms with van der Waals surface area (Å²) in [6.45, 7) is 5.01. The first-order valence-corrected chi connectivity index (χ1v) is 13.5. The number of amides is 1. The van der Waals surface area contributed by atoms with Crippen LogP contribution in [0.2, 0.25) is 0 Å². The summed E-state index contributed by atoms with van der Waals surface area (Å²) in [5.41, 5.74) is 1.16. The van der Waals surface area contributed by atoms with Crippen LogP contribution in [0.3, 0.4) is 0 Å². The number of hydrogen-bond donors (Lipinski definition) is 0. The summed E-state index contributed by atoms with van der Waals surface area (Å²) in [4.78, 5) is 19.7. The Morgan fingerprint density at radius 2 is 1.94 bits per heavy atom.